The van der Waals surface area contributed by atoms with E-state index in [1.165, 1.54) is 15.6 Å². The van der Waals surface area contributed by atoms with Gasteiger partial charge in [-0.05, 0) is 31.0 Å². The monoisotopic (exact) mass is 428 g/mol. The Kier molecular flexibility index (Phi) is 5.92. The van der Waals surface area contributed by atoms with Crippen molar-refractivity contribution in [1.29, 1.82) is 0 Å². The number of carbonyl (C=O) groups excluding carboxylic acids is 1. The Bertz CT molecular complexity index is 945. The van der Waals surface area contributed by atoms with E-state index < -0.39 is 22.0 Å². The van der Waals surface area contributed by atoms with Crippen LogP contribution in [0, 0.1) is 6.92 Å². The van der Waals surface area contributed by atoms with Crippen molar-refractivity contribution in [2.75, 3.05) is 28.2 Å². The minimum Gasteiger partial charge on any atom is -0.476 e. The highest BCUT2D eigenvalue weighted by molar-refractivity contribution is 8.01. The summed E-state index contributed by atoms with van der Waals surface area (Å²) in [6.45, 7) is 3.84. The second-order valence-corrected chi connectivity index (χ2v) is 10.3. The van der Waals surface area contributed by atoms with E-state index in [-0.39, 0.29) is 6.54 Å². The number of fused-ring (bicyclic) bond motifs is 1. The molecule has 1 aliphatic heterocycles. The first-order chi connectivity index (χ1) is 12.8. The molecule has 0 radical (unpaired) electrons. The van der Waals surface area contributed by atoms with E-state index in [1.807, 2.05) is 6.92 Å². The summed E-state index contributed by atoms with van der Waals surface area (Å²) >= 11 is 2.86. The van der Waals surface area contributed by atoms with Crippen LogP contribution in [0.1, 0.15) is 18.9 Å². The van der Waals surface area contributed by atoms with Crippen LogP contribution in [-0.4, -0.2) is 49.2 Å². The predicted molar refractivity (Wildman–Crippen MR) is 107 cm³/mol. The Balaban J connectivity index is 1.78. The zero-order chi connectivity index (χ0) is 19.6. The number of amides is 1. The van der Waals surface area contributed by atoms with E-state index in [1.54, 1.807) is 30.0 Å². The highest BCUT2D eigenvalue weighted by Crippen LogP contribution is 2.36. The van der Waals surface area contributed by atoms with Gasteiger partial charge in [-0.1, -0.05) is 36.1 Å². The topological polar surface area (TPSA) is 101 Å². The number of hydrogen-bond donors (Lipinski definition) is 1. The molecule has 27 heavy (non-hydrogen) atoms. The van der Waals surface area contributed by atoms with Gasteiger partial charge in [-0.25, -0.2) is 8.42 Å². The molecule has 1 unspecified atom stereocenters. The summed E-state index contributed by atoms with van der Waals surface area (Å²) in [6, 6.07) is 5.21. The Morgan fingerprint density at radius 1 is 1.44 bits per heavy atom. The first-order valence-corrected chi connectivity index (χ1v) is 11.9. The lowest BCUT2D eigenvalue weighted by Crippen LogP contribution is -2.48. The first kappa shape index (κ1) is 19.9. The third-order valence-corrected chi connectivity index (χ3v) is 7.07. The molecule has 1 aromatic carbocycles. The minimum absolute atomic E-state index is 0.100. The zero-order valence-electron chi connectivity index (χ0n) is 15.1. The molecule has 11 heteroatoms. The molecule has 146 valence electrons. The molecule has 2 heterocycles. The maximum atomic E-state index is 12.6. The SMILES string of the molecule is CCCSc1nnc(NC(=O)C2CN(S(C)(=O)=O)c3ccc(C)cc3O2)s1. The Labute approximate surface area is 166 Å². The van der Waals surface area contributed by atoms with E-state index in [0.717, 1.165) is 28.3 Å². The average molecular weight is 429 g/mol. The summed E-state index contributed by atoms with van der Waals surface area (Å²) in [5, 5.41) is 11.0. The number of benzene rings is 1. The quantitative estimate of drug-likeness (QED) is 0.557. The number of thioether (sulfide) groups is 1. The minimum atomic E-state index is -3.55. The molecule has 8 nitrogen and oxygen atoms in total. The predicted octanol–water partition coefficient (Wildman–Crippen LogP) is 2.51. The first-order valence-electron chi connectivity index (χ1n) is 8.30. The number of ether oxygens (including phenoxy) is 1. The Morgan fingerprint density at radius 2 is 2.22 bits per heavy atom. The van der Waals surface area contributed by atoms with Crippen molar-refractivity contribution in [3.05, 3.63) is 23.8 Å². The Hall–Kier alpha value is -1.85. The summed E-state index contributed by atoms with van der Waals surface area (Å²) in [4.78, 5) is 12.6. The van der Waals surface area contributed by atoms with Gasteiger partial charge in [0.15, 0.2) is 10.4 Å². The number of rotatable bonds is 6. The fourth-order valence-corrected chi connectivity index (χ4v) is 5.10. The molecule has 1 atom stereocenters. The number of sulfonamides is 1. The summed E-state index contributed by atoms with van der Waals surface area (Å²) in [6.07, 6.45) is 1.14. The lowest BCUT2D eigenvalue weighted by molar-refractivity contribution is -0.122. The molecular formula is C16H20N4O4S3. The van der Waals surface area contributed by atoms with Gasteiger partial charge in [0.05, 0.1) is 18.5 Å². The molecule has 2 aromatic rings. The van der Waals surface area contributed by atoms with Gasteiger partial charge in [0.25, 0.3) is 5.91 Å². The molecule has 0 fully saturated rings. The van der Waals surface area contributed by atoms with Gasteiger partial charge in [-0.15, -0.1) is 10.2 Å². The lowest BCUT2D eigenvalue weighted by Gasteiger charge is -2.33. The van der Waals surface area contributed by atoms with Gasteiger partial charge in [0, 0.05) is 5.75 Å². The molecule has 0 saturated carbocycles. The average Bonchev–Trinajstić information content (AvgIpc) is 3.05. The van der Waals surface area contributed by atoms with E-state index in [9.17, 15) is 13.2 Å². The largest absolute Gasteiger partial charge is 0.476 e. The lowest BCUT2D eigenvalue weighted by atomic mass is 10.1. The molecule has 0 aliphatic carbocycles. The van der Waals surface area contributed by atoms with Crippen molar-refractivity contribution in [2.24, 2.45) is 0 Å². The van der Waals surface area contributed by atoms with Crippen molar-refractivity contribution in [3.8, 4) is 5.75 Å². The fourth-order valence-electron chi connectivity index (χ4n) is 2.51. The summed E-state index contributed by atoms with van der Waals surface area (Å²) in [5.41, 5.74) is 1.34. The highest BCUT2D eigenvalue weighted by Gasteiger charge is 2.35. The fraction of sp³-hybridized carbons (Fsp3) is 0.438. The molecule has 1 aromatic heterocycles. The second kappa shape index (κ2) is 8.03. The van der Waals surface area contributed by atoms with E-state index in [0.29, 0.717) is 16.6 Å². The highest BCUT2D eigenvalue weighted by atomic mass is 32.2. The van der Waals surface area contributed by atoms with Crippen LogP contribution in [-0.2, 0) is 14.8 Å². The molecule has 1 N–H and O–H groups in total. The molecule has 1 amide bonds. The van der Waals surface area contributed by atoms with Crippen molar-refractivity contribution in [2.45, 2.75) is 30.7 Å². The summed E-state index contributed by atoms with van der Waals surface area (Å²) in [5.74, 6) is 0.829. The molecule has 1 aliphatic rings. The van der Waals surface area contributed by atoms with Crippen LogP contribution < -0.4 is 14.4 Å². The van der Waals surface area contributed by atoms with Crippen molar-refractivity contribution < 1.29 is 17.9 Å². The van der Waals surface area contributed by atoms with E-state index in [4.69, 9.17) is 4.74 Å². The maximum absolute atomic E-state index is 12.6. The number of carbonyl (C=O) groups is 1. The second-order valence-electron chi connectivity index (χ2n) is 6.08. The van der Waals surface area contributed by atoms with Crippen LogP contribution in [0.15, 0.2) is 22.5 Å². The number of anilines is 2. The van der Waals surface area contributed by atoms with Gasteiger partial charge < -0.3 is 4.74 Å². The van der Waals surface area contributed by atoms with Crippen LogP contribution in [0.5, 0.6) is 5.75 Å². The molecule has 0 saturated heterocycles. The van der Waals surface area contributed by atoms with Crippen LogP contribution in [0.25, 0.3) is 0 Å². The standard InChI is InChI=1S/C16H20N4O4S3/c1-4-7-25-16-19-18-15(26-16)17-14(21)13-9-20(27(3,22)23)11-6-5-10(2)8-12(11)24-13/h5-6,8,13H,4,7,9H2,1-3H3,(H,17,18,21). The molecule has 3 rings (SSSR count). The zero-order valence-corrected chi connectivity index (χ0v) is 17.6. The molecule has 0 spiro atoms. The van der Waals surface area contributed by atoms with Crippen LogP contribution in [0.3, 0.4) is 0 Å². The van der Waals surface area contributed by atoms with Crippen LogP contribution >= 0.6 is 23.1 Å². The molecular weight excluding hydrogens is 408 g/mol. The van der Waals surface area contributed by atoms with E-state index >= 15 is 0 Å². The molecule has 0 bridgehead atoms. The van der Waals surface area contributed by atoms with Gasteiger partial charge in [0.2, 0.25) is 15.2 Å². The number of nitrogens with zero attached hydrogens (tertiary/aromatic N) is 3. The number of hydrogen-bond acceptors (Lipinski definition) is 8. The van der Waals surface area contributed by atoms with Gasteiger partial charge >= 0.3 is 0 Å². The van der Waals surface area contributed by atoms with Crippen molar-refractivity contribution >= 4 is 49.8 Å². The Morgan fingerprint density at radius 3 is 2.93 bits per heavy atom. The summed E-state index contributed by atoms with van der Waals surface area (Å²) in [7, 11) is -3.55. The normalized spacial score (nSPS) is 16.6. The van der Waals surface area contributed by atoms with Crippen molar-refractivity contribution in [1.82, 2.24) is 10.2 Å². The van der Waals surface area contributed by atoms with Gasteiger partial charge in [0.1, 0.15) is 5.75 Å². The smallest absolute Gasteiger partial charge is 0.269 e. The van der Waals surface area contributed by atoms with Gasteiger partial charge in [-0.2, -0.15) is 0 Å². The van der Waals surface area contributed by atoms with Crippen LogP contribution in [0.4, 0.5) is 10.8 Å². The maximum Gasteiger partial charge on any atom is 0.269 e. The van der Waals surface area contributed by atoms with Crippen LogP contribution in [0.2, 0.25) is 0 Å². The number of aromatic nitrogens is 2. The van der Waals surface area contributed by atoms with Gasteiger partial charge in [-0.3, -0.25) is 14.4 Å². The van der Waals surface area contributed by atoms with Crippen molar-refractivity contribution in [3.63, 3.8) is 0 Å². The number of aryl methyl sites for hydroxylation is 1. The third kappa shape index (κ3) is 4.71. The van der Waals surface area contributed by atoms with E-state index in [2.05, 4.69) is 22.4 Å². The third-order valence-electron chi connectivity index (χ3n) is 3.74. The number of nitrogens with one attached hydrogen (secondary N) is 1. The summed E-state index contributed by atoms with van der Waals surface area (Å²) < 4.78 is 32.1.